The van der Waals surface area contributed by atoms with Gasteiger partial charge < -0.3 is 5.73 Å². The molecule has 1 heterocycles. The first-order valence-electron chi connectivity index (χ1n) is 5.84. The molecule has 0 unspecified atom stereocenters. The van der Waals surface area contributed by atoms with Gasteiger partial charge in [-0.25, -0.2) is 17.5 Å². The van der Waals surface area contributed by atoms with Crippen LogP contribution in [-0.4, -0.2) is 13.4 Å². The highest BCUT2D eigenvalue weighted by atomic mass is 32.2. The first kappa shape index (κ1) is 14.4. The zero-order chi connectivity index (χ0) is 14.8. The Kier molecular flexibility index (Phi) is 4.01. The summed E-state index contributed by atoms with van der Waals surface area (Å²) in [5, 5.41) is 0. The second kappa shape index (κ2) is 5.56. The number of hydrogen-bond donors (Lipinski definition) is 2. The molecule has 5 nitrogen and oxygen atoms in total. The number of hydrogen-bond acceptors (Lipinski definition) is 4. The molecule has 0 atom stereocenters. The molecule has 0 amide bonds. The number of nitrogens with zero attached hydrogens (tertiary/aromatic N) is 1. The average Bonchev–Trinajstić information content (AvgIpc) is 2.40. The largest absolute Gasteiger partial charge is 0.398 e. The normalized spacial score (nSPS) is 11.5. The summed E-state index contributed by atoms with van der Waals surface area (Å²) < 4.78 is 39.8. The van der Waals surface area contributed by atoms with Crippen LogP contribution in [0.5, 0.6) is 0 Å². The molecule has 2 aromatic rings. The van der Waals surface area contributed by atoms with Crippen molar-refractivity contribution in [2.45, 2.75) is 18.4 Å². The second-order valence-electron chi connectivity index (χ2n) is 4.31. The number of nitrogens with two attached hydrogens (primary N) is 1. The lowest BCUT2D eigenvalue weighted by atomic mass is 10.2. The summed E-state index contributed by atoms with van der Waals surface area (Å²) >= 11 is 0. The maximum atomic E-state index is 13.1. The number of benzene rings is 1. The summed E-state index contributed by atoms with van der Waals surface area (Å²) in [7, 11) is -3.86. The van der Waals surface area contributed by atoms with E-state index in [1.807, 2.05) is 6.92 Å². The fraction of sp³-hybridized carbons (Fsp3) is 0.154. The molecular formula is C13H14FN3O2S. The van der Waals surface area contributed by atoms with Gasteiger partial charge in [-0.2, -0.15) is 0 Å². The summed E-state index contributed by atoms with van der Waals surface area (Å²) in [4.78, 5) is 3.67. The van der Waals surface area contributed by atoms with E-state index in [1.165, 1.54) is 6.07 Å². The fourth-order valence-corrected chi connectivity index (χ4v) is 2.84. The van der Waals surface area contributed by atoms with Crippen LogP contribution >= 0.6 is 0 Å². The van der Waals surface area contributed by atoms with Crippen molar-refractivity contribution in [2.75, 3.05) is 5.73 Å². The predicted molar refractivity (Wildman–Crippen MR) is 73.8 cm³/mol. The monoisotopic (exact) mass is 295 g/mol. The lowest BCUT2D eigenvalue weighted by Gasteiger charge is -2.10. The fourth-order valence-electron chi connectivity index (χ4n) is 1.69. The van der Waals surface area contributed by atoms with Crippen molar-refractivity contribution in [3.05, 3.63) is 53.6 Å². The van der Waals surface area contributed by atoms with Gasteiger partial charge >= 0.3 is 0 Å². The number of anilines is 1. The number of pyridine rings is 1. The Bertz CT molecular complexity index is 732. The van der Waals surface area contributed by atoms with Crippen molar-refractivity contribution < 1.29 is 12.8 Å². The van der Waals surface area contributed by atoms with Gasteiger partial charge in [-0.15, -0.1) is 0 Å². The van der Waals surface area contributed by atoms with E-state index in [0.29, 0.717) is 0 Å². The summed E-state index contributed by atoms with van der Waals surface area (Å²) in [5.41, 5.74) is 7.24. The van der Waals surface area contributed by atoms with Crippen LogP contribution in [-0.2, 0) is 16.6 Å². The van der Waals surface area contributed by atoms with Crippen LogP contribution in [0.1, 0.15) is 11.1 Å². The molecule has 0 aliphatic heterocycles. The van der Waals surface area contributed by atoms with Crippen molar-refractivity contribution in [3.8, 4) is 0 Å². The van der Waals surface area contributed by atoms with Gasteiger partial charge in [-0.05, 0) is 42.3 Å². The Hall–Kier alpha value is -1.99. The molecule has 1 aromatic heterocycles. The predicted octanol–water partition coefficient (Wildman–Crippen LogP) is 1.59. The number of nitrogens with one attached hydrogen (secondary N) is 1. The van der Waals surface area contributed by atoms with Gasteiger partial charge in [0.2, 0.25) is 10.0 Å². The summed E-state index contributed by atoms with van der Waals surface area (Å²) in [6.45, 7) is 1.92. The molecule has 3 N–H and O–H groups in total. The van der Waals surface area contributed by atoms with Crippen LogP contribution < -0.4 is 10.5 Å². The van der Waals surface area contributed by atoms with E-state index in [4.69, 9.17) is 5.73 Å². The Morgan fingerprint density at radius 3 is 2.80 bits per heavy atom. The molecule has 0 fully saturated rings. The van der Waals surface area contributed by atoms with Gasteiger partial charge in [-0.3, -0.25) is 4.98 Å². The van der Waals surface area contributed by atoms with E-state index in [2.05, 4.69) is 9.71 Å². The highest BCUT2D eigenvalue weighted by molar-refractivity contribution is 7.89. The third-order valence-electron chi connectivity index (χ3n) is 2.85. The minimum absolute atomic E-state index is 0.00495. The van der Waals surface area contributed by atoms with Gasteiger partial charge in [0.25, 0.3) is 0 Å². The SMILES string of the molecule is Cc1cnccc1CNS(=O)(=O)c1cc(F)ccc1N. The Morgan fingerprint density at radius 1 is 1.35 bits per heavy atom. The van der Waals surface area contributed by atoms with Gasteiger partial charge in [0.15, 0.2) is 0 Å². The molecule has 0 radical (unpaired) electrons. The van der Waals surface area contributed by atoms with E-state index in [1.54, 1.807) is 18.5 Å². The van der Waals surface area contributed by atoms with Crippen molar-refractivity contribution >= 4 is 15.7 Å². The molecular weight excluding hydrogens is 281 g/mol. The number of aryl methyl sites for hydroxylation is 1. The average molecular weight is 295 g/mol. The Labute approximate surface area is 116 Å². The zero-order valence-corrected chi connectivity index (χ0v) is 11.6. The van der Waals surface area contributed by atoms with Crippen LogP contribution in [0.2, 0.25) is 0 Å². The molecule has 7 heteroatoms. The van der Waals surface area contributed by atoms with Gasteiger partial charge in [-0.1, -0.05) is 0 Å². The minimum Gasteiger partial charge on any atom is -0.398 e. The number of sulfonamides is 1. The van der Waals surface area contributed by atoms with Crippen LogP contribution in [0.25, 0.3) is 0 Å². The first-order chi connectivity index (χ1) is 9.40. The molecule has 0 aliphatic carbocycles. The smallest absolute Gasteiger partial charge is 0.243 e. The minimum atomic E-state index is -3.86. The standard InChI is InChI=1S/C13H14FN3O2S/c1-9-7-16-5-4-10(9)8-17-20(18,19)13-6-11(14)2-3-12(13)15/h2-7,17H,8,15H2,1H3. The maximum Gasteiger partial charge on any atom is 0.243 e. The number of aromatic nitrogens is 1. The van der Waals surface area contributed by atoms with Gasteiger partial charge in [0.05, 0.1) is 5.69 Å². The summed E-state index contributed by atoms with van der Waals surface area (Å²) in [5.74, 6) is -0.653. The summed E-state index contributed by atoms with van der Waals surface area (Å²) in [6.07, 6.45) is 3.22. The quantitative estimate of drug-likeness (QED) is 0.839. The van der Waals surface area contributed by atoms with Crippen molar-refractivity contribution in [2.24, 2.45) is 0 Å². The van der Waals surface area contributed by atoms with Crippen molar-refractivity contribution in [1.82, 2.24) is 9.71 Å². The van der Waals surface area contributed by atoms with Crippen molar-refractivity contribution in [3.63, 3.8) is 0 Å². The number of rotatable bonds is 4. The second-order valence-corrected chi connectivity index (χ2v) is 6.04. The van der Waals surface area contributed by atoms with Gasteiger partial charge in [0, 0.05) is 18.9 Å². The number of halogens is 1. The lowest BCUT2D eigenvalue weighted by Crippen LogP contribution is -2.24. The third-order valence-corrected chi connectivity index (χ3v) is 4.31. The van der Waals surface area contributed by atoms with Crippen LogP contribution in [0, 0.1) is 12.7 Å². The third kappa shape index (κ3) is 3.12. The van der Waals surface area contributed by atoms with E-state index >= 15 is 0 Å². The van der Waals surface area contributed by atoms with E-state index in [9.17, 15) is 12.8 Å². The van der Waals surface area contributed by atoms with Gasteiger partial charge in [0.1, 0.15) is 10.7 Å². The molecule has 20 heavy (non-hydrogen) atoms. The molecule has 0 saturated carbocycles. The van der Waals surface area contributed by atoms with Crippen LogP contribution in [0.4, 0.5) is 10.1 Å². The molecule has 0 spiro atoms. The summed E-state index contributed by atoms with van der Waals surface area (Å²) in [6, 6.07) is 4.95. The van der Waals surface area contributed by atoms with Crippen molar-refractivity contribution in [1.29, 1.82) is 0 Å². The Balaban J connectivity index is 2.24. The lowest BCUT2D eigenvalue weighted by molar-refractivity contribution is 0.578. The molecule has 0 aliphatic rings. The molecule has 1 aromatic carbocycles. The van der Waals surface area contributed by atoms with E-state index in [0.717, 1.165) is 23.3 Å². The van der Waals surface area contributed by atoms with Crippen LogP contribution in [0.3, 0.4) is 0 Å². The maximum absolute atomic E-state index is 13.1. The Morgan fingerprint density at radius 2 is 2.10 bits per heavy atom. The zero-order valence-electron chi connectivity index (χ0n) is 10.8. The van der Waals surface area contributed by atoms with Crippen LogP contribution in [0.15, 0.2) is 41.6 Å². The molecule has 2 rings (SSSR count). The highest BCUT2D eigenvalue weighted by Gasteiger charge is 2.18. The van der Waals surface area contributed by atoms with E-state index in [-0.39, 0.29) is 17.1 Å². The highest BCUT2D eigenvalue weighted by Crippen LogP contribution is 2.19. The van der Waals surface area contributed by atoms with E-state index < -0.39 is 15.8 Å². The first-order valence-corrected chi connectivity index (χ1v) is 7.32. The topological polar surface area (TPSA) is 85.1 Å². The molecule has 0 bridgehead atoms. The number of nitrogen functional groups attached to an aromatic ring is 1. The molecule has 106 valence electrons. The molecule has 0 saturated heterocycles.